The number of benzene rings is 1. The molecule has 0 bridgehead atoms. The van der Waals surface area contributed by atoms with Gasteiger partial charge in [0.1, 0.15) is 5.75 Å². The molecule has 0 amide bonds. The van der Waals surface area contributed by atoms with Gasteiger partial charge in [0.25, 0.3) is 0 Å². The van der Waals surface area contributed by atoms with Gasteiger partial charge in [-0.3, -0.25) is 9.78 Å². The highest BCUT2D eigenvalue weighted by atomic mass is 16.5. The zero-order valence-electron chi connectivity index (χ0n) is 13.1. The number of rotatable bonds is 4. The fourth-order valence-corrected chi connectivity index (χ4v) is 1.92. The van der Waals surface area contributed by atoms with Crippen LogP contribution in [-0.4, -0.2) is 29.7 Å². The smallest absolute Gasteiger partial charge is 0.319 e. The van der Waals surface area contributed by atoms with Gasteiger partial charge in [0.15, 0.2) is 0 Å². The minimum atomic E-state index is -0.369. The zero-order chi connectivity index (χ0) is 16.7. The molecule has 0 unspecified atom stereocenters. The van der Waals surface area contributed by atoms with Crippen molar-refractivity contribution in [3.63, 3.8) is 0 Å². The lowest BCUT2D eigenvalue weighted by Gasteiger charge is -2.08. The second-order valence-corrected chi connectivity index (χ2v) is 4.88. The summed E-state index contributed by atoms with van der Waals surface area (Å²) in [5.41, 5.74) is 2.76. The van der Waals surface area contributed by atoms with Crippen LogP contribution in [0.15, 0.2) is 36.4 Å². The molecule has 0 saturated carbocycles. The summed E-state index contributed by atoms with van der Waals surface area (Å²) in [5.74, 6) is 5.73. The Labute approximate surface area is 135 Å². The number of esters is 1. The molecule has 1 heterocycles. The van der Waals surface area contributed by atoms with Crippen LogP contribution in [0.4, 0.5) is 0 Å². The number of aromatic nitrogens is 1. The van der Waals surface area contributed by atoms with Gasteiger partial charge in [-0.1, -0.05) is 30.0 Å². The molecule has 0 fully saturated rings. The largest absolute Gasteiger partial charge is 0.506 e. The number of methoxy groups -OCH3 is 1. The second kappa shape index (κ2) is 7.97. The number of hydrogen-bond acceptors (Lipinski definition) is 5. The summed E-state index contributed by atoms with van der Waals surface area (Å²) in [4.78, 5) is 15.4. The first-order valence-corrected chi connectivity index (χ1v) is 7.14. The van der Waals surface area contributed by atoms with Crippen LogP contribution >= 0.6 is 0 Å². The summed E-state index contributed by atoms with van der Waals surface area (Å²) in [7, 11) is 1.32. The van der Waals surface area contributed by atoms with Crippen LogP contribution < -0.4 is 5.32 Å². The molecule has 0 aliphatic carbocycles. The van der Waals surface area contributed by atoms with Crippen molar-refractivity contribution in [2.75, 3.05) is 13.7 Å². The Balaban J connectivity index is 2.11. The summed E-state index contributed by atoms with van der Waals surface area (Å²) >= 11 is 0. The van der Waals surface area contributed by atoms with Crippen molar-refractivity contribution in [2.45, 2.75) is 13.5 Å². The summed E-state index contributed by atoms with van der Waals surface area (Å²) in [6.45, 7) is 2.17. The first kappa shape index (κ1) is 16.5. The van der Waals surface area contributed by atoms with E-state index in [2.05, 4.69) is 26.9 Å². The molecular weight excluding hydrogens is 292 g/mol. The third-order valence-electron chi connectivity index (χ3n) is 3.17. The predicted octanol–water partition coefficient (Wildman–Crippen LogP) is 1.76. The van der Waals surface area contributed by atoms with E-state index in [0.717, 1.165) is 11.3 Å². The van der Waals surface area contributed by atoms with Crippen molar-refractivity contribution < 1.29 is 14.6 Å². The van der Waals surface area contributed by atoms with Gasteiger partial charge in [-0.25, -0.2) is 0 Å². The quantitative estimate of drug-likeness (QED) is 0.665. The molecule has 2 N–H and O–H groups in total. The Morgan fingerprint density at radius 3 is 2.74 bits per heavy atom. The molecule has 0 atom stereocenters. The van der Waals surface area contributed by atoms with Crippen molar-refractivity contribution in [3.8, 4) is 17.6 Å². The molecule has 118 valence electrons. The van der Waals surface area contributed by atoms with Crippen molar-refractivity contribution in [1.82, 2.24) is 10.3 Å². The highest BCUT2D eigenvalue weighted by Gasteiger charge is 2.08. The van der Waals surface area contributed by atoms with E-state index >= 15 is 0 Å². The maximum absolute atomic E-state index is 11.0. The van der Waals surface area contributed by atoms with Gasteiger partial charge in [0.2, 0.25) is 0 Å². The fourth-order valence-electron chi connectivity index (χ4n) is 1.92. The number of nitrogens with one attached hydrogen (secondary N) is 1. The number of ether oxygens (including phenoxy) is 1. The van der Waals surface area contributed by atoms with Crippen LogP contribution in [0, 0.1) is 18.8 Å². The molecule has 1 aromatic carbocycles. The number of aromatic hydroxyl groups is 1. The minimum Gasteiger partial charge on any atom is -0.506 e. The number of aryl methyl sites for hydroxylation is 1. The second-order valence-electron chi connectivity index (χ2n) is 4.88. The van der Waals surface area contributed by atoms with E-state index < -0.39 is 0 Å². The Morgan fingerprint density at radius 2 is 2.04 bits per heavy atom. The number of hydrogen-bond donors (Lipinski definition) is 2. The molecule has 5 nitrogen and oxygen atoms in total. The number of carbonyl (C=O) groups is 1. The lowest BCUT2D eigenvalue weighted by Crippen LogP contribution is -2.24. The van der Waals surface area contributed by atoms with E-state index in [-0.39, 0.29) is 24.8 Å². The fraction of sp³-hybridized carbons (Fsp3) is 0.222. The molecule has 0 saturated heterocycles. The molecule has 2 rings (SSSR count). The number of nitrogens with zero attached hydrogens (tertiary/aromatic N) is 1. The number of carbonyl (C=O) groups excluding carboxylic acids is 1. The Morgan fingerprint density at radius 1 is 1.30 bits per heavy atom. The van der Waals surface area contributed by atoms with Gasteiger partial charge in [-0.2, -0.15) is 0 Å². The van der Waals surface area contributed by atoms with Crippen LogP contribution in [0.1, 0.15) is 22.5 Å². The topological polar surface area (TPSA) is 71.5 Å². The zero-order valence-corrected chi connectivity index (χ0v) is 13.1. The van der Waals surface area contributed by atoms with Gasteiger partial charge < -0.3 is 15.2 Å². The first-order chi connectivity index (χ1) is 11.1. The van der Waals surface area contributed by atoms with E-state index in [1.165, 1.54) is 7.11 Å². The van der Waals surface area contributed by atoms with E-state index in [9.17, 15) is 9.90 Å². The van der Waals surface area contributed by atoms with Crippen LogP contribution in [0.25, 0.3) is 0 Å². The monoisotopic (exact) mass is 310 g/mol. The lowest BCUT2D eigenvalue weighted by molar-refractivity contribution is -0.139. The SMILES string of the molecule is COC(=O)CNCc1nc(C)c(C#Cc2ccccc2)cc1O. The number of pyridine rings is 1. The van der Waals surface area contributed by atoms with Crippen molar-refractivity contribution in [3.05, 3.63) is 58.9 Å². The third-order valence-corrected chi connectivity index (χ3v) is 3.17. The molecule has 5 heteroatoms. The van der Waals surface area contributed by atoms with Gasteiger partial charge >= 0.3 is 5.97 Å². The van der Waals surface area contributed by atoms with Crippen LogP contribution in [-0.2, 0) is 16.1 Å². The normalized spacial score (nSPS) is 9.83. The average molecular weight is 310 g/mol. The maximum Gasteiger partial charge on any atom is 0.319 e. The third kappa shape index (κ3) is 4.83. The Bertz CT molecular complexity index is 746. The van der Waals surface area contributed by atoms with Gasteiger partial charge in [0.05, 0.1) is 25.0 Å². The Hall–Kier alpha value is -2.84. The highest BCUT2D eigenvalue weighted by molar-refractivity contribution is 5.71. The van der Waals surface area contributed by atoms with Crippen molar-refractivity contribution in [2.24, 2.45) is 0 Å². The van der Waals surface area contributed by atoms with Gasteiger partial charge in [0, 0.05) is 17.7 Å². The van der Waals surface area contributed by atoms with E-state index in [1.807, 2.05) is 37.3 Å². The van der Waals surface area contributed by atoms with Crippen molar-refractivity contribution >= 4 is 5.97 Å². The van der Waals surface area contributed by atoms with E-state index in [0.29, 0.717) is 11.3 Å². The van der Waals surface area contributed by atoms with E-state index in [1.54, 1.807) is 6.07 Å². The minimum absolute atomic E-state index is 0.0466. The lowest BCUT2D eigenvalue weighted by atomic mass is 10.1. The molecule has 1 aromatic heterocycles. The first-order valence-electron chi connectivity index (χ1n) is 7.14. The van der Waals surface area contributed by atoms with Gasteiger partial charge in [-0.15, -0.1) is 0 Å². The average Bonchev–Trinajstić information content (AvgIpc) is 2.57. The van der Waals surface area contributed by atoms with Crippen LogP contribution in [0.2, 0.25) is 0 Å². The molecular formula is C18H18N2O3. The molecule has 23 heavy (non-hydrogen) atoms. The van der Waals surface area contributed by atoms with Crippen molar-refractivity contribution in [1.29, 1.82) is 0 Å². The molecule has 0 aliphatic heterocycles. The van der Waals surface area contributed by atoms with E-state index in [4.69, 9.17) is 0 Å². The molecule has 0 radical (unpaired) electrons. The Kier molecular flexibility index (Phi) is 5.73. The molecule has 0 aliphatic rings. The summed E-state index contributed by atoms with van der Waals surface area (Å²) in [5, 5.41) is 12.9. The maximum atomic E-state index is 11.0. The van der Waals surface area contributed by atoms with Crippen LogP contribution in [0.5, 0.6) is 5.75 Å². The summed E-state index contributed by atoms with van der Waals surface area (Å²) < 4.78 is 4.53. The predicted molar refractivity (Wildman–Crippen MR) is 86.8 cm³/mol. The molecule has 2 aromatic rings. The molecule has 0 spiro atoms. The standard InChI is InChI=1S/C18H18N2O3/c1-13-15(9-8-14-6-4-3-5-7-14)10-17(21)16(20-13)11-19-12-18(22)23-2/h3-7,10,19,21H,11-12H2,1-2H3. The summed E-state index contributed by atoms with van der Waals surface area (Å²) in [6.07, 6.45) is 0. The summed E-state index contributed by atoms with van der Waals surface area (Å²) in [6, 6.07) is 11.2. The van der Waals surface area contributed by atoms with Crippen LogP contribution in [0.3, 0.4) is 0 Å². The highest BCUT2D eigenvalue weighted by Crippen LogP contribution is 2.18. The van der Waals surface area contributed by atoms with Gasteiger partial charge in [-0.05, 0) is 25.1 Å².